The molecule has 2 aromatic carbocycles. The van der Waals surface area contributed by atoms with E-state index in [0.717, 1.165) is 0 Å². The molecule has 116 valence electrons. The van der Waals surface area contributed by atoms with Crippen molar-refractivity contribution in [1.29, 1.82) is 0 Å². The van der Waals surface area contributed by atoms with Crippen LogP contribution in [0.4, 0.5) is 5.69 Å². The summed E-state index contributed by atoms with van der Waals surface area (Å²) in [5, 5.41) is 14.5. The first-order chi connectivity index (χ1) is 11.1. The molecule has 0 radical (unpaired) electrons. The second-order valence-corrected chi connectivity index (χ2v) is 4.62. The topological polar surface area (TPSA) is 103 Å². The van der Waals surface area contributed by atoms with E-state index in [1.165, 1.54) is 18.3 Å². The van der Waals surface area contributed by atoms with E-state index >= 15 is 0 Å². The van der Waals surface area contributed by atoms with E-state index in [9.17, 15) is 14.9 Å². The normalized spacial score (nSPS) is 12.3. The quantitative estimate of drug-likeness (QED) is 0.529. The van der Waals surface area contributed by atoms with E-state index in [-0.39, 0.29) is 12.5 Å². The Bertz CT molecular complexity index is 803. The fourth-order valence-corrected chi connectivity index (χ4v) is 1.99. The van der Waals surface area contributed by atoms with Crippen LogP contribution < -0.4 is 14.9 Å². The van der Waals surface area contributed by atoms with E-state index < -0.39 is 10.8 Å². The van der Waals surface area contributed by atoms with Crippen molar-refractivity contribution in [3.05, 3.63) is 63.7 Å². The molecule has 0 aliphatic carbocycles. The molecule has 2 aromatic rings. The van der Waals surface area contributed by atoms with Crippen LogP contribution in [0.3, 0.4) is 0 Å². The maximum atomic E-state index is 12.0. The van der Waals surface area contributed by atoms with Gasteiger partial charge in [0.25, 0.3) is 11.6 Å². The van der Waals surface area contributed by atoms with E-state index in [0.29, 0.717) is 22.6 Å². The minimum Gasteiger partial charge on any atom is -0.454 e. The van der Waals surface area contributed by atoms with Crippen molar-refractivity contribution >= 4 is 17.8 Å². The number of nitro benzene ring substituents is 1. The summed E-state index contributed by atoms with van der Waals surface area (Å²) in [4.78, 5) is 22.2. The van der Waals surface area contributed by atoms with Crippen molar-refractivity contribution in [3.63, 3.8) is 0 Å². The molecule has 0 fully saturated rings. The van der Waals surface area contributed by atoms with Gasteiger partial charge in [-0.05, 0) is 18.2 Å². The number of nitro groups is 1. The molecular weight excluding hydrogens is 302 g/mol. The lowest BCUT2D eigenvalue weighted by molar-refractivity contribution is -0.384. The SMILES string of the molecule is O=C(N/N=C/c1cccc([N+](=O)[O-])c1)c1ccc2c(c1)OCO2. The highest BCUT2D eigenvalue weighted by molar-refractivity contribution is 5.95. The molecular formula is C15H11N3O5. The van der Waals surface area contributed by atoms with Crippen LogP contribution in [0.1, 0.15) is 15.9 Å². The minimum atomic E-state index is -0.497. The van der Waals surface area contributed by atoms with Crippen LogP contribution in [-0.2, 0) is 0 Å². The van der Waals surface area contributed by atoms with Gasteiger partial charge in [0, 0.05) is 23.3 Å². The van der Waals surface area contributed by atoms with Crippen molar-refractivity contribution in [2.45, 2.75) is 0 Å². The minimum absolute atomic E-state index is 0.0453. The Morgan fingerprint density at radius 2 is 2.04 bits per heavy atom. The number of benzene rings is 2. The first-order valence-electron chi connectivity index (χ1n) is 6.61. The molecule has 1 amide bonds. The number of ether oxygens (including phenoxy) is 2. The number of hydrogen-bond donors (Lipinski definition) is 1. The molecule has 8 nitrogen and oxygen atoms in total. The molecule has 1 aliphatic rings. The van der Waals surface area contributed by atoms with Crippen LogP contribution in [0.15, 0.2) is 47.6 Å². The predicted molar refractivity (Wildman–Crippen MR) is 80.7 cm³/mol. The van der Waals surface area contributed by atoms with Crippen molar-refractivity contribution in [2.24, 2.45) is 5.10 Å². The van der Waals surface area contributed by atoms with Gasteiger partial charge in [-0.15, -0.1) is 0 Å². The third kappa shape index (κ3) is 3.26. The number of fused-ring (bicyclic) bond motifs is 1. The zero-order chi connectivity index (χ0) is 16.2. The first kappa shape index (κ1) is 14.5. The second kappa shape index (κ2) is 6.14. The number of rotatable bonds is 4. The van der Waals surface area contributed by atoms with Crippen molar-refractivity contribution in [2.75, 3.05) is 6.79 Å². The molecule has 1 N–H and O–H groups in total. The van der Waals surface area contributed by atoms with E-state index in [2.05, 4.69) is 10.5 Å². The molecule has 0 saturated carbocycles. The fourth-order valence-electron chi connectivity index (χ4n) is 1.99. The molecule has 23 heavy (non-hydrogen) atoms. The summed E-state index contributed by atoms with van der Waals surface area (Å²) >= 11 is 0. The number of nitrogens with zero attached hydrogens (tertiary/aromatic N) is 2. The zero-order valence-electron chi connectivity index (χ0n) is 11.8. The Morgan fingerprint density at radius 1 is 1.22 bits per heavy atom. The summed E-state index contributed by atoms with van der Waals surface area (Å²) in [6.45, 7) is 0.130. The summed E-state index contributed by atoms with van der Waals surface area (Å²) in [6.07, 6.45) is 1.33. The number of nitrogens with one attached hydrogen (secondary N) is 1. The average molecular weight is 313 g/mol. The molecule has 0 saturated heterocycles. The highest BCUT2D eigenvalue weighted by atomic mass is 16.7. The van der Waals surface area contributed by atoms with Gasteiger partial charge in [-0.3, -0.25) is 14.9 Å². The fraction of sp³-hybridized carbons (Fsp3) is 0.0667. The Morgan fingerprint density at radius 3 is 2.87 bits per heavy atom. The smallest absolute Gasteiger partial charge is 0.271 e. The Kier molecular flexibility index (Phi) is 3.88. The zero-order valence-corrected chi connectivity index (χ0v) is 11.8. The van der Waals surface area contributed by atoms with Gasteiger partial charge in [0.2, 0.25) is 6.79 Å². The maximum absolute atomic E-state index is 12.0. The van der Waals surface area contributed by atoms with Crippen molar-refractivity contribution < 1.29 is 19.2 Å². The maximum Gasteiger partial charge on any atom is 0.271 e. The first-order valence-corrected chi connectivity index (χ1v) is 6.61. The van der Waals surface area contributed by atoms with E-state index in [1.54, 1.807) is 30.3 Å². The van der Waals surface area contributed by atoms with Crippen LogP contribution in [0, 0.1) is 10.1 Å². The largest absolute Gasteiger partial charge is 0.454 e. The van der Waals surface area contributed by atoms with Crippen LogP contribution in [0.25, 0.3) is 0 Å². The third-order valence-electron chi connectivity index (χ3n) is 3.10. The van der Waals surface area contributed by atoms with Gasteiger partial charge in [-0.25, -0.2) is 5.43 Å². The lowest BCUT2D eigenvalue weighted by Gasteiger charge is -2.01. The Hall–Kier alpha value is -3.42. The number of non-ortho nitro benzene ring substituents is 1. The van der Waals surface area contributed by atoms with Gasteiger partial charge >= 0.3 is 0 Å². The molecule has 0 atom stereocenters. The van der Waals surface area contributed by atoms with Gasteiger partial charge in [0.1, 0.15) is 0 Å². The standard InChI is InChI=1S/C15H11N3O5/c19-15(11-4-5-13-14(7-11)23-9-22-13)17-16-8-10-2-1-3-12(6-10)18(20)21/h1-8H,9H2,(H,17,19)/b16-8+. The molecule has 3 rings (SSSR count). The predicted octanol–water partition coefficient (Wildman–Crippen LogP) is 2.09. The monoisotopic (exact) mass is 313 g/mol. The van der Waals surface area contributed by atoms with Crippen LogP contribution in [0.5, 0.6) is 11.5 Å². The summed E-state index contributed by atoms with van der Waals surface area (Å²) in [5.74, 6) is 0.659. The van der Waals surface area contributed by atoms with E-state index in [1.807, 2.05) is 0 Å². The summed E-state index contributed by atoms with van der Waals surface area (Å²) in [7, 11) is 0. The van der Waals surface area contributed by atoms with Gasteiger partial charge in [-0.2, -0.15) is 5.10 Å². The lowest BCUT2D eigenvalue weighted by atomic mass is 10.2. The van der Waals surface area contributed by atoms with Crippen molar-refractivity contribution in [1.82, 2.24) is 5.43 Å². The number of hydrogen-bond acceptors (Lipinski definition) is 6. The molecule has 0 bridgehead atoms. The summed E-state index contributed by atoms with van der Waals surface area (Å²) in [5.41, 5.74) is 3.18. The van der Waals surface area contributed by atoms with Gasteiger partial charge in [-0.1, -0.05) is 12.1 Å². The number of hydrazone groups is 1. The van der Waals surface area contributed by atoms with Crippen molar-refractivity contribution in [3.8, 4) is 11.5 Å². The number of carbonyl (C=O) groups excluding carboxylic acids is 1. The molecule has 1 aliphatic heterocycles. The summed E-state index contributed by atoms with van der Waals surface area (Å²) < 4.78 is 10.4. The Balaban J connectivity index is 1.67. The summed E-state index contributed by atoms with van der Waals surface area (Å²) in [6, 6.07) is 10.7. The number of amides is 1. The lowest BCUT2D eigenvalue weighted by Crippen LogP contribution is -2.17. The van der Waals surface area contributed by atoms with Gasteiger partial charge in [0.05, 0.1) is 11.1 Å². The highest BCUT2D eigenvalue weighted by Gasteiger charge is 2.15. The Labute approximate surface area is 130 Å². The van der Waals surface area contributed by atoms with Crippen LogP contribution >= 0.6 is 0 Å². The average Bonchev–Trinajstić information content (AvgIpc) is 3.02. The van der Waals surface area contributed by atoms with E-state index in [4.69, 9.17) is 9.47 Å². The molecule has 0 unspecified atom stereocenters. The molecule has 0 spiro atoms. The highest BCUT2D eigenvalue weighted by Crippen LogP contribution is 2.32. The molecule has 1 heterocycles. The van der Waals surface area contributed by atoms with Gasteiger partial charge in [0.15, 0.2) is 11.5 Å². The van der Waals surface area contributed by atoms with Crippen LogP contribution in [0.2, 0.25) is 0 Å². The second-order valence-electron chi connectivity index (χ2n) is 4.62. The van der Waals surface area contributed by atoms with Gasteiger partial charge < -0.3 is 9.47 Å². The molecule has 0 aromatic heterocycles. The number of carbonyl (C=O) groups is 1. The molecule has 8 heteroatoms. The van der Waals surface area contributed by atoms with Crippen LogP contribution in [-0.4, -0.2) is 23.8 Å². The third-order valence-corrected chi connectivity index (χ3v) is 3.10.